The average Bonchev–Trinajstić information content (AvgIpc) is 3.05. The predicted octanol–water partition coefficient (Wildman–Crippen LogP) is 0.933. The molecule has 4 nitrogen and oxygen atoms in total. The molecule has 82 valence electrons. The maximum Gasteiger partial charge on any atom is 0.225 e. The number of anilines is 1. The highest BCUT2D eigenvalue weighted by Gasteiger charge is 2.30. The molecular weight excluding hydrogens is 195 g/mol. The summed E-state index contributed by atoms with van der Waals surface area (Å²) in [6.07, 6.45) is 5.67. The lowest BCUT2D eigenvalue weighted by Gasteiger charge is -2.21. The minimum absolute atomic E-state index is 0.395. The highest BCUT2D eigenvalue weighted by molar-refractivity contribution is 5.32. The van der Waals surface area contributed by atoms with Crippen LogP contribution in [0, 0.1) is 5.82 Å². The number of nitrogens with two attached hydrogens (primary N) is 1. The quantitative estimate of drug-likeness (QED) is 0.785. The largest absolute Gasteiger partial charge is 0.338 e. The summed E-state index contributed by atoms with van der Waals surface area (Å²) in [4.78, 5) is 10.1. The number of aromatic nitrogens is 2. The van der Waals surface area contributed by atoms with E-state index in [2.05, 4.69) is 14.9 Å². The van der Waals surface area contributed by atoms with E-state index in [1.165, 1.54) is 25.2 Å². The minimum atomic E-state index is -0.395. The predicted molar refractivity (Wildman–Crippen MR) is 56.0 cm³/mol. The van der Waals surface area contributed by atoms with Crippen LogP contribution < -0.4 is 10.6 Å². The van der Waals surface area contributed by atoms with Gasteiger partial charge in [-0.2, -0.15) is 0 Å². The zero-order valence-electron chi connectivity index (χ0n) is 8.56. The first-order chi connectivity index (χ1) is 7.31. The van der Waals surface area contributed by atoms with Gasteiger partial charge in [-0.15, -0.1) is 0 Å². The van der Waals surface area contributed by atoms with Crippen molar-refractivity contribution in [3.05, 3.63) is 18.2 Å². The first-order valence-electron chi connectivity index (χ1n) is 5.25. The molecule has 1 aromatic heterocycles. The van der Waals surface area contributed by atoms with Gasteiger partial charge in [0.1, 0.15) is 0 Å². The Morgan fingerprint density at radius 2 is 2.07 bits per heavy atom. The van der Waals surface area contributed by atoms with Gasteiger partial charge in [-0.05, 0) is 25.8 Å². The summed E-state index contributed by atoms with van der Waals surface area (Å²) < 4.78 is 12.7. The second-order valence-electron chi connectivity index (χ2n) is 3.77. The van der Waals surface area contributed by atoms with Crippen LogP contribution in [0.1, 0.15) is 19.3 Å². The Bertz CT molecular complexity index is 310. The maximum absolute atomic E-state index is 12.7. The van der Waals surface area contributed by atoms with Gasteiger partial charge >= 0.3 is 0 Å². The number of hydrogen-bond acceptors (Lipinski definition) is 4. The third-order valence-electron chi connectivity index (χ3n) is 2.45. The van der Waals surface area contributed by atoms with Crippen LogP contribution in [0.4, 0.5) is 10.3 Å². The van der Waals surface area contributed by atoms with Gasteiger partial charge in [0.15, 0.2) is 5.82 Å². The van der Waals surface area contributed by atoms with Gasteiger partial charge in [0.25, 0.3) is 0 Å². The van der Waals surface area contributed by atoms with E-state index < -0.39 is 5.82 Å². The number of halogens is 1. The van der Waals surface area contributed by atoms with E-state index in [-0.39, 0.29) is 0 Å². The van der Waals surface area contributed by atoms with Crippen LogP contribution in [0.3, 0.4) is 0 Å². The average molecular weight is 210 g/mol. The molecular formula is C10H15FN4. The smallest absolute Gasteiger partial charge is 0.225 e. The number of nitrogens with zero attached hydrogens (tertiary/aromatic N) is 3. The molecule has 0 spiro atoms. The van der Waals surface area contributed by atoms with Crippen LogP contribution >= 0.6 is 0 Å². The van der Waals surface area contributed by atoms with Crippen molar-refractivity contribution in [2.24, 2.45) is 5.73 Å². The van der Waals surface area contributed by atoms with E-state index in [4.69, 9.17) is 5.73 Å². The molecule has 1 aliphatic rings. The Balaban J connectivity index is 2.06. The summed E-state index contributed by atoms with van der Waals surface area (Å²) in [5.74, 6) is 0.223. The highest BCUT2D eigenvalue weighted by Crippen LogP contribution is 2.29. The first-order valence-corrected chi connectivity index (χ1v) is 5.25. The molecule has 1 aromatic rings. The molecule has 0 saturated heterocycles. The Morgan fingerprint density at radius 1 is 1.40 bits per heavy atom. The molecule has 15 heavy (non-hydrogen) atoms. The van der Waals surface area contributed by atoms with Crippen molar-refractivity contribution in [2.45, 2.75) is 25.3 Å². The lowest BCUT2D eigenvalue weighted by Crippen LogP contribution is -2.30. The maximum atomic E-state index is 12.7. The van der Waals surface area contributed by atoms with Crippen molar-refractivity contribution in [1.29, 1.82) is 0 Å². The lowest BCUT2D eigenvalue weighted by molar-refractivity contribution is 0.609. The third-order valence-corrected chi connectivity index (χ3v) is 2.45. The van der Waals surface area contributed by atoms with Gasteiger partial charge in [0, 0.05) is 12.6 Å². The Hall–Kier alpha value is -1.23. The Morgan fingerprint density at radius 3 is 2.60 bits per heavy atom. The van der Waals surface area contributed by atoms with E-state index in [0.29, 0.717) is 18.5 Å². The van der Waals surface area contributed by atoms with Crippen LogP contribution in [0.25, 0.3) is 0 Å². The first kappa shape index (κ1) is 10.3. The normalized spacial score (nSPS) is 15.3. The summed E-state index contributed by atoms with van der Waals surface area (Å²) in [6, 6.07) is 0.530. The van der Waals surface area contributed by atoms with Gasteiger partial charge in [-0.25, -0.2) is 14.4 Å². The van der Waals surface area contributed by atoms with Crippen molar-refractivity contribution < 1.29 is 4.39 Å². The van der Waals surface area contributed by atoms with E-state index in [0.717, 1.165) is 13.0 Å². The Labute approximate surface area is 88.3 Å². The summed E-state index contributed by atoms with van der Waals surface area (Å²) in [5, 5.41) is 0. The van der Waals surface area contributed by atoms with Gasteiger partial charge in [-0.3, -0.25) is 0 Å². The Kier molecular flexibility index (Phi) is 3.11. The van der Waals surface area contributed by atoms with E-state index >= 15 is 0 Å². The van der Waals surface area contributed by atoms with Crippen molar-refractivity contribution in [2.75, 3.05) is 18.0 Å². The van der Waals surface area contributed by atoms with Crippen LogP contribution in [0.5, 0.6) is 0 Å². The zero-order chi connectivity index (χ0) is 10.7. The second-order valence-corrected chi connectivity index (χ2v) is 3.77. The molecule has 0 unspecified atom stereocenters. The molecule has 0 aromatic carbocycles. The zero-order valence-corrected chi connectivity index (χ0v) is 8.56. The van der Waals surface area contributed by atoms with Crippen molar-refractivity contribution in [3.63, 3.8) is 0 Å². The van der Waals surface area contributed by atoms with Crippen LogP contribution in [-0.2, 0) is 0 Å². The van der Waals surface area contributed by atoms with Crippen LogP contribution in [-0.4, -0.2) is 29.1 Å². The summed E-state index contributed by atoms with van der Waals surface area (Å²) in [6.45, 7) is 1.51. The minimum Gasteiger partial charge on any atom is -0.338 e. The van der Waals surface area contributed by atoms with E-state index in [1.807, 2.05) is 0 Å². The molecule has 1 saturated carbocycles. The topological polar surface area (TPSA) is 55.0 Å². The molecule has 0 amide bonds. The summed E-state index contributed by atoms with van der Waals surface area (Å²) >= 11 is 0. The van der Waals surface area contributed by atoms with Crippen molar-refractivity contribution in [3.8, 4) is 0 Å². The van der Waals surface area contributed by atoms with E-state index in [9.17, 15) is 4.39 Å². The molecule has 2 rings (SSSR count). The van der Waals surface area contributed by atoms with Gasteiger partial charge < -0.3 is 10.6 Å². The van der Waals surface area contributed by atoms with E-state index in [1.54, 1.807) is 0 Å². The van der Waals surface area contributed by atoms with Gasteiger partial charge in [0.2, 0.25) is 5.95 Å². The fourth-order valence-corrected chi connectivity index (χ4v) is 1.55. The third kappa shape index (κ3) is 2.62. The molecule has 0 aliphatic heterocycles. The molecule has 1 aliphatic carbocycles. The lowest BCUT2D eigenvalue weighted by atomic mass is 10.4. The molecule has 1 heterocycles. The molecule has 1 fully saturated rings. The van der Waals surface area contributed by atoms with Crippen LogP contribution in [0.15, 0.2) is 12.4 Å². The molecule has 0 atom stereocenters. The molecule has 2 N–H and O–H groups in total. The van der Waals surface area contributed by atoms with Gasteiger partial charge in [-0.1, -0.05) is 0 Å². The van der Waals surface area contributed by atoms with Crippen molar-refractivity contribution in [1.82, 2.24) is 9.97 Å². The fraction of sp³-hybridized carbons (Fsp3) is 0.600. The fourth-order valence-electron chi connectivity index (χ4n) is 1.55. The molecule has 0 radical (unpaired) electrons. The monoisotopic (exact) mass is 210 g/mol. The number of hydrogen-bond donors (Lipinski definition) is 1. The number of rotatable bonds is 5. The second kappa shape index (κ2) is 4.53. The summed E-state index contributed by atoms with van der Waals surface area (Å²) in [7, 11) is 0. The summed E-state index contributed by atoms with van der Waals surface area (Å²) in [5.41, 5.74) is 5.47. The molecule has 0 bridgehead atoms. The van der Waals surface area contributed by atoms with Gasteiger partial charge in [0.05, 0.1) is 12.4 Å². The van der Waals surface area contributed by atoms with Crippen LogP contribution in [0.2, 0.25) is 0 Å². The standard InChI is InChI=1S/C10H15FN4/c11-8-6-13-10(14-7-8)15(5-1-4-12)9-2-3-9/h6-7,9H,1-5,12H2. The molecule has 5 heteroatoms. The SMILES string of the molecule is NCCCN(c1ncc(F)cn1)C1CC1. The van der Waals surface area contributed by atoms with Crippen molar-refractivity contribution >= 4 is 5.95 Å². The highest BCUT2D eigenvalue weighted by atomic mass is 19.1.